The van der Waals surface area contributed by atoms with Gasteiger partial charge >= 0.3 is 0 Å². The minimum absolute atomic E-state index is 0.372. The van der Waals surface area contributed by atoms with Crippen LogP contribution in [0, 0.1) is 5.92 Å². The highest BCUT2D eigenvalue weighted by atomic mass is 16.5. The van der Waals surface area contributed by atoms with Gasteiger partial charge in [0.05, 0.1) is 6.10 Å². The van der Waals surface area contributed by atoms with Gasteiger partial charge in [-0.25, -0.2) is 0 Å². The van der Waals surface area contributed by atoms with Crippen LogP contribution in [0.25, 0.3) is 0 Å². The third-order valence-corrected chi connectivity index (χ3v) is 2.92. The molecule has 92 valence electrons. The van der Waals surface area contributed by atoms with E-state index in [9.17, 15) is 0 Å². The molecule has 0 aromatic heterocycles. The molecule has 0 aliphatic carbocycles. The van der Waals surface area contributed by atoms with Crippen LogP contribution < -0.4 is 5.32 Å². The first kappa shape index (κ1) is 14.9. The molecule has 0 fully saturated rings. The van der Waals surface area contributed by atoms with E-state index in [1.807, 2.05) is 7.11 Å². The van der Waals surface area contributed by atoms with Crippen LogP contribution in [0.4, 0.5) is 0 Å². The van der Waals surface area contributed by atoms with Crippen molar-refractivity contribution in [3.63, 3.8) is 0 Å². The van der Waals surface area contributed by atoms with Gasteiger partial charge in [0.2, 0.25) is 0 Å². The maximum Gasteiger partial charge on any atom is 0.0721 e. The van der Waals surface area contributed by atoms with E-state index < -0.39 is 0 Å². The van der Waals surface area contributed by atoms with Crippen LogP contribution in [-0.4, -0.2) is 25.8 Å². The van der Waals surface area contributed by atoms with E-state index in [1.54, 1.807) is 0 Å². The fraction of sp³-hybridized carbons (Fsp3) is 1.00. The second-order valence-electron chi connectivity index (χ2n) is 4.67. The molecule has 2 nitrogen and oxygen atoms in total. The molecule has 0 radical (unpaired) electrons. The van der Waals surface area contributed by atoms with Crippen LogP contribution >= 0.6 is 0 Å². The normalized spacial score (nSPS) is 15.6. The average molecular weight is 215 g/mol. The minimum atomic E-state index is 0.372. The summed E-state index contributed by atoms with van der Waals surface area (Å²) in [6, 6.07) is 0.531. The first-order valence-electron chi connectivity index (χ1n) is 6.41. The summed E-state index contributed by atoms with van der Waals surface area (Å²) in [5, 5.41) is 3.53. The average Bonchev–Trinajstić information content (AvgIpc) is 2.19. The summed E-state index contributed by atoms with van der Waals surface area (Å²) in [6.07, 6.45) is 5.32. The molecule has 0 aromatic carbocycles. The van der Waals surface area contributed by atoms with Crippen molar-refractivity contribution in [3.8, 4) is 0 Å². The van der Waals surface area contributed by atoms with E-state index in [0.29, 0.717) is 12.1 Å². The molecule has 0 aliphatic rings. The molecule has 1 N–H and O–H groups in total. The Kier molecular flexibility index (Phi) is 9.12. The van der Waals surface area contributed by atoms with E-state index in [-0.39, 0.29) is 0 Å². The van der Waals surface area contributed by atoms with Crippen LogP contribution in [0.15, 0.2) is 0 Å². The van der Waals surface area contributed by atoms with Crippen molar-refractivity contribution < 1.29 is 4.74 Å². The highest BCUT2D eigenvalue weighted by molar-refractivity contribution is 4.75. The van der Waals surface area contributed by atoms with Crippen molar-refractivity contribution in [2.75, 3.05) is 13.7 Å². The van der Waals surface area contributed by atoms with Crippen LogP contribution in [0.3, 0.4) is 0 Å². The molecule has 2 atom stereocenters. The first-order valence-corrected chi connectivity index (χ1v) is 6.41. The topological polar surface area (TPSA) is 21.3 Å². The number of ether oxygens (including phenoxy) is 1. The highest BCUT2D eigenvalue weighted by Gasteiger charge is 2.17. The second-order valence-corrected chi connectivity index (χ2v) is 4.67. The molecule has 0 saturated carbocycles. The quantitative estimate of drug-likeness (QED) is 0.637. The molecular formula is C13H29NO. The molecule has 0 saturated heterocycles. The molecule has 0 amide bonds. The smallest absolute Gasteiger partial charge is 0.0721 e. The van der Waals surface area contributed by atoms with Crippen LogP contribution in [-0.2, 0) is 4.74 Å². The number of hydrogen-bond acceptors (Lipinski definition) is 2. The standard InChI is InChI=1S/C13H29NO/c1-6-13(15-5)12(14-7-2)10-8-9-11(3)4/h11-14H,6-10H2,1-5H3. The van der Waals surface area contributed by atoms with Crippen molar-refractivity contribution in [3.05, 3.63) is 0 Å². The third-order valence-electron chi connectivity index (χ3n) is 2.92. The fourth-order valence-corrected chi connectivity index (χ4v) is 2.04. The van der Waals surface area contributed by atoms with Crippen molar-refractivity contribution in [2.45, 2.75) is 65.5 Å². The minimum Gasteiger partial charge on any atom is -0.380 e. The summed E-state index contributed by atoms with van der Waals surface area (Å²) >= 11 is 0. The van der Waals surface area contributed by atoms with E-state index in [0.717, 1.165) is 18.9 Å². The number of nitrogens with one attached hydrogen (secondary N) is 1. The molecule has 0 rings (SSSR count). The summed E-state index contributed by atoms with van der Waals surface area (Å²) in [5.41, 5.74) is 0. The van der Waals surface area contributed by atoms with Crippen LogP contribution in [0.1, 0.15) is 53.4 Å². The lowest BCUT2D eigenvalue weighted by molar-refractivity contribution is 0.0619. The van der Waals surface area contributed by atoms with Gasteiger partial charge in [0, 0.05) is 13.2 Å². The summed E-state index contributed by atoms with van der Waals surface area (Å²) in [4.78, 5) is 0. The molecule has 0 spiro atoms. The third kappa shape index (κ3) is 6.91. The van der Waals surface area contributed by atoms with Crippen molar-refractivity contribution >= 4 is 0 Å². The predicted molar refractivity (Wildman–Crippen MR) is 67.2 cm³/mol. The Hall–Kier alpha value is -0.0800. The Morgan fingerprint density at radius 2 is 1.80 bits per heavy atom. The lowest BCUT2D eigenvalue weighted by atomic mass is 9.98. The summed E-state index contributed by atoms with van der Waals surface area (Å²) < 4.78 is 5.51. The Bertz CT molecular complexity index is 132. The van der Waals surface area contributed by atoms with Gasteiger partial charge in [-0.3, -0.25) is 0 Å². The van der Waals surface area contributed by atoms with Gasteiger partial charge in [-0.2, -0.15) is 0 Å². The zero-order valence-electron chi connectivity index (χ0n) is 11.2. The van der Waals surface area contributed by atoms with Gasteiger partial charge in [-0.05, 0) is 25.3 Å². The lowest BCUT2D eigenvalue weighted by Gasteiger charge is -2.26. The molecule has 0 aromatic rings. The van der Waals surface area contributed by atoms with Crippen molar-refractivity contribution in [1.29, 1.82) is 0 Å². The Morgan fingerprint density at radius 3 is 2.20 bits per heavy atom. The lowest BCUT2D eigenvalue weighted by Crippen LogP contribution is -2.40. The molecule has 0 bridgehead atoms. The Morgan fingerprint density at radius 1 is 1.13 bits per heavy atom. The van der Waals surface area contributed by atoms with Gasteiger partial charge in [0.15, 0.2) is 0 Å². The molecule has 0 aliphatic heterocycles. The number of likely N-dealkylation sites (N-methyl/N-ethyl adjacent to an activating group) is 1. The highest BCUT2D eigenvalue weighted by Crippen LogP contribution is 2.13. The Balaban J connectivity index is 3.91. The van der Waals surface area contributed by atoms with Crippen LogP contribution in [0.2, 0.25) is 0 Å². The van der Waals surface area contributed by atoms with Crippen LogP contribution in [0.5, 0.6) is 0 Å². The maximum atomic E-state index is 5.51. The fourth-order valence-electron chi connectivity index (χ4n) is 2.04. The predicted octanol–water partition coefficient (Wildman–Crippen LogP) is 3.22. The van der Waals surface area contributed by atoms with Gasteiger partial charge in [0.1, 0.15) is 0 Å². The molecular weight excluding hydrogens is 186 g/mol. The summed E-state index contributed by atoms with van der Waals surface area (Å²) in [5.74, 6) is 0.815. The number of rotatable bonds is 9. The second kappa shape index (κ2) is 9.17. The zero-order valence-corrected chi connectivity index (χ0v) is 11.2. The van der Waals surface area contributed by atoms with E-state index in [1.165, 1.54) is 19.3 Å². The SMILES string of the molecule is CCNC(CCCC(C)C)C(CC)OC. The van der Waals surface area contributed by atoms with Gasteiger partial charge in [0.25, 0.3) is 0 Å². The Labute approximate surface area is 95.8 Å². The number of methoxy groups -OCH3 is 1. The molecule has 0 heterocycles. The van der Waals surface area contributed by atoms with Crippen molar-refractivity contribution in [1.82, 2.24) is 5.32 Å². The maximum absolute atomic E-state index is 5.51. The first-order chi connectivity index (χ1) is 7.15. The van der Waals surface area contributed by atoms with E-state index >= 15 is 0 Å². The monoisotopic (exact) mass is 215 g/mol. The molecule has 15 heavy (non-hydrogen) atoms. The largest absolute Gasteiger partial charge is 0.380 e. The number of hydrogen-bond donors (Lipinski definition) is 1. The van der Waals surface area contributed by atoms with Gasteiger partial charge in [-0.15, -0.1) is 0 Å². The summed E-state index contributed by atoms with van der Waals surface area (Å²) in [6.45, 7) is 9.97. The van der Waals surface area contributed by atoms with E-state index in [2.05, 4.69) is 33.0 Å². The van der Waals surface area contributed by atoms with Crippen molar-refractivity contribution in [2.24, 2.45) is 5.92 Å². The summed E-state index contributed by atoms with van der Waals surface area (Å²) in [7, 11) is 1.82. The van der Waals surface area contributed by atoms with Gasteiger partial charge < -0.3 is 10.1 Å². The zero-order chi connectivity index (χ0) is 11.7. The molecule has 2 unspecified atom stereocenters. The molecule has 2 heteroatoms. The van der Waals surface area contributed by atoms with Gasteiger partial charge in [-0.1, -0.05) is 40.5 Å². The van der Waals surface area contributed by atoms with E-state index in [4.69, 9.17) is 4.74 Å².